The SMILES string of the molecule is Nc1nnc(SCC(=O)O)n1-c1ccc(Br)cc1Br. The average molecular weight is 408 g/mol. The van der Waals surface area contributed by atoms with Crippen LogP contribution in [0.4, 0.5) is 5.95 Å². The minimum absolute atomic E-state index is 0.105. The van der Waals surface area contributed by atoms with Gasteiger partial charge in [0.2, 0.25) is 5.95 Å². The Hall–Kier alpha value is -1.06. The van der Waals surface area contributed by atoms with Gasteiger partial charge in [0.1, 0.15) is 0 Å². The second kappa shape index (κ2) is 5.93. The van der Waals surface area contributed by atoms with Gasteiger partial charge in [-0.2, -0.15) is 0 Å². The van der Waals surface area contributed by atoms with Crippen molar-refractivity contribution in [3.05, 3.63) is 27.1 Å². The number of carboxylic acids is 1. The molecule has 0 fully saturated rings. The lowest BCUT2D eigenvalue weighted by molar-refractivity contribution is -0.133. The van der Waals surface area contributed by atoms with Crippen LogP contribution in [0.25, 0.3) is 5.69 Å². The largest absolute Gasteiger partial charge is 0.481 e. The number of thioether (sulfide) groups is 1. The van der Waals surface area contributed by atoms with Crippen molar-refractivity contribution in [3.63, 3.8) is 0 Å². The number of carbonyl (C=O) groups is 1. The summed E-state index contributed by atoms with van der Waals surface area (Å²) in [5.74, 6) is -0.823. The predicted octanol–water partition coefficient (Wildman–Crippen LogP) is 2.55. The number of hydrogen-bond acceptors (Lipinski definition) is 5. The third-order valence-corrected chi connectivity index (χ3v) is 4.18. The number of nitrogens with two attached hydrogens (primary N) is 1. The second-order valence-corrected chi connectivity index (χ2v) is 6.17. The smallest absolute Gasteiger partial charge is 0.313 e. The number of hydrogen-bond donors (Lipinski definition) is 2. The van der Waals surface area contributed by atoms with E-state index >= 15 is 0 Å². The standard InChI is InChI=1S/C10H8Br2N4O2S/c11-5-1-2-7(6(12)3-5)16-9(13)14-15-10(16)19-4-8(17)18/h1-3H,4H2,(H2,13,14)(H,17,18). The molecule has 2 aromatic rings. The number of benzene rings is 1. The molecule has 2 rings (SSSR count). The Morgan fingerprint density at radius 3 is 2.79 bits per heavy atom. The van der Waals surface area contributed by atoms with Crippen molar-refractivity contribution >= 4 is 55.5 Å². The summed E-state index contributed by atoms with van der Waals surface area (Å²) in [6.45, 7) is 0. The number of nitrogens with zero attached hydrogens (tertiary/aromatic N) is 3. The summed E-state index contributed by atoms with van der Waals surface area (Å²) >= 11 is 7.85. The first-order chi connectivity index (χ1) is 8.99. The van der Waals surface area contributed by atoms with Crippen LogP contribution in [0.5, 0.6) is 0 Å². The summed E-state index contributed by atoms with van der Waals surface area (Å²) in [6, 6.07) is 5.55. The highest BCUT2D eigenvalue weighted by molar-refractivity contribution is 9.11. The summed E-state index contributed by atoms with van der Waals surface area (Å²) in [6.07, 6.45) is 0. The van der Waals surface area contributed by atoms with E-state index in [1.54, 1.807) is 4.57 Å². The quantitative estimate of drug-likeness (QED) is 0.756. The molecule has 0 saturated heterocycles. The van der Waals surface area contributed by atoms with Crippen molar-refractivity contribution in [1.29, 1.82) is 0 Å². The topological polar surface area (TPSA) is 94.0 Å². The van der Waals surface area contributed by atoms with Crippen LogP contribution < -0.4 is 5.73 Å². The van der Waals surface area contributed by atoms with Gasteiger partial charge in [-0.1, -0.05) is 27.7 Å². The zero-order valence-electron chi connectivity index (χ0n) is 9.38. The molecule has 0 radical (unpaired) electrons. The highest BCUT2D eigenvalue weighted by Gasteiger charge is 2.15. The summed E-state index contributed by atoms with van der Waals surface area (Å²) in [7, 11) is 0. The zero-order valence-corrected chi connectivity index (χ0v) is 13.4. The van der Waals surface area contributed by atoms with Crippen molar-refractivity contribution < 1.29 is 9.90 Å². The Kier molecular flexibility index (Phi) is 4.48. The van der Waals surface area contributed by atoms with Crippen molar-refractivity contribution in [2.75, 3.05) is 11.5 Å². The lowest BCUT2D eigenvalue weighted by Crippen LogP contribution is -2.05. The van der Waals surface area contributed by atoms with E-state index in [4.69, 9.17) is 10.8 Å². The van der Waals surface area contributed by atoms with Gasteiger partial charge in [0.05, 0.1) is 11.4 Å². The molecule has 1 aromatic carbocycles. The maximum Gasteiger partial charge on any atom is 0.313 e. The van der Waals surface area contributed by atoms with E-state index in [1.165, 1.54) is 0 Å². The minimum atomic E-state index is -0.923. The highest BCUT2D eigenvalue weighted by Crippen LogP contribution is 2.30. The Bertz CT molecular complexity index is 632. The molecule has 0 saturated carbocycles. The maximum absolute atomic E-state index is 10.6. The molecule has 1 aromatic heterocycles. The fraction of sp³-hybridized carbons (Fsp3) is 0.100. The number of aliphatic carboxylic acids is 1. The number of halogens is 2. The van der Waals surface area contributed by atoms with Gasteiger partial charge < -0.3 is 10.8 Å². The summed E-state index contributed by atoms with van der Waals surface area (Å²) < 4.78 is 3.31. The highest BCUT2D eigenvalue weighted by atomic mass is 79.9. The molecule has 0 bridgehead atoms. The number of rotatable bonds is 4. The van der Waals surface area contributed by atoms with Crippen molar-refractivity contribution in [1.82, 2.24) is 14.8 Å². The first kappa shape index (κ1) is 14.4. The van der Waals surface area contributed by atoms with Gasteiger partial charge in [-0.25, -0.2) is 0 Å². The molecule has 1 heterocycles. The molecule has 6 nitrogen and oxygen atoms in total. The number of nitrogen functional groups attached to an aromatic ring is 1. The van der Waals surface area contributed by atoms with Crippen LogP contribution in [0.1, 0.15) is 0 Å². The molecule has 100 valence electrons. The van der Waals surface area contributed by atoms with Gasteiger partial charge in [-0.3, -0.25) is 9.36 Å². The number of anilines is 1. The molecule has 19 heavy (non-hydrogen) atoms. The molecule has 0 aliphatic rings. The molecular formula is C10H8Br2N4O2S. The third-order valence-electron chi connectivity index (χ3n) is 2.13. The second-order valence-electron chi connectivity index (χ2n) is 3.45. The van der Waals surface area contributed by atoms with Crippen LogP contribution in [0.2, 0.25) is 0 Å². The predicted molar refractivity (Wildman–Crippen MR) is 79.5 cm³/mol. The third kappa shape index (κ3) is 3.28. The van der Waals surface area contributed by atoms with Gasteiger partial charge in [-0.05, 0) is 34.1 Å². The van der Waals surface area contributed by atoms with Gasteiger partial charge in [0.15, 0.2) is 5.16 Å². The van der Waals surface area contributed by atoms with Crippen molar-refractivity contribution in [2.45, 2.75) is 5.16 Å². The first-order valence-electron chi connectivity index (χ1n) is 5.00. The van der Waals surface area contributed by atoms with E-state index < -0.39 is 5.97 Å². The summed E-state index contributed by atoms with van der Waals surface area (Å²) in [5, 5.41) is 16.8. The van der Waals surface area contributed by atoms with Crippen LogP contribution in [0.3, 0.4) is 0 Å². The normalized spacial score (nSPS) is 10.6. The van der Waals surface area contributed by atoms with Crippen LogP contribution in [0.15, 0.2) is 32.3 Å². The van der Waals surface area contributed by atoms with Crippen molar-refractivity contribution in [2.24, 2.45) is 0 Å². The van der Waals surface area contributed by atoms with Gasteiger partial charge in [0, 0.05) is 8.95 Å². The molecular weight excluding hydrogens is 400 g/mol. The van der Waals surface area contributed by atoms with Crippen LogP contribution in [-0.2, 0) is 4.79 Å². The van der Waals surface area contributed by atoms with Crippen molar-refractivity contribution in [3.8, 4) is 5.69 Å². The molecule has 0 spiro atoms. The fourth-order valence-corrected chi connectivity index (χ4v) is 3.29. The molecule has 3 N–H and O–H groups in total. The first-order valence-corrected chi connectivity index (χ1v) is 7.57. The molecule has 0 aliphatic carbocycles. The van der Waals surface area contributed by atoms with E-state index in [0.29, 0.717) is 5.16 Å². The lowest BCUT2D eigenvalue weighted by Gasteiger charge is -2.09. The lowest BCUT2D eigenvalue weighted by atomic mass is 10.3. The number of carboxylic acid groups (broad SMARTS) is 1. The minimum Gasteiger partial charge on any atom is -0.481 e. The van der Waals surface area contributed by atoms with E-state index in [-0.39, 0.29) is 11.7 Å². The van der Waals surface area contributed by atoms with Gasteiger partial charge in [0.25, 0.3) is 0 Å². The van der Waals surface area contributed by atoms with E-state index in [2.05, 4.69) is 42.1 Å². The Morgan fingerprint density at radius 1 is 1.42 bits per heavy atom. The maximum atomic E-state index is 10.6. The van der Waals surface area contributed by atoms with Crippen LogP contribution in [-0.4, -0.2) is 31.6 Å². The van der Waals surface area contributed by atoms with E-state index in [9.17, 15) is 4.79 Å². The summed E-state index contributed by atoms with van der Waals surface area (Å²) in [5.41, 5.74) is 6.53. The van der Waals surface area contributed by atoms with E-state index in [0.717, 1.165) is 26.4 Å². The Balaban J connectivity index is 2.43. The van der Waals surface area contributed by atoms with Gasteiger partial charge in [-0.15, -0.1) is 10.2 Å². The molecule has 0 aliphatic heterocycles. The average Bonchev–Trinajstić information content (AvgIpc) is 2.68. The monoisotopic (exact) mass is 406 g/mol. The Labute approximate surface area is 129 Å². The zero-order chi connectivity index (χ0) is 14.0. The van der Waals surface area contributed by atoms with E-state index in [1.807, 2.05) is 18.2 Å². The van der Waals surface area contributed by atoms with Gasteiger partial charge >= 0.3 is 5.97 Å². The molecule has 0 amide bonds. The summed E-state index contributed by atoms with van der Waals surface area (Å²) in [4.78, 5) is 10.6. The van der Waals surface area contributed by atoms with Crippen LogP contribution in [0, 0.1) is 0 Å². The number of aromatic nitrogens is 3. The van der Waals surface area contributed by atoms with Crippen LogP contribution >= 0.6 is 43.6 Å². The molecule has 0 atom stereocenters. The molecule has 0 unspecified atom stereocenters. The fourth-order valence-electron chi connectivity index (χ4n) is 1.39. The molecule has 9 heteroatoms. The Morgan fingerprint density at radius 2 is 2.16 bits per heavy atom.